The highest BCUT2D eigenvalue weighted by atomic mass is 32.2. The Morgan fingerprint density at radius 2 is 1.92 bits per heavy atom. The first-order valence-corrected chi connectivity index (χ1v) is 14.3. The zero-order chi connectivity index (χ0) is 26.7. The second-order valence-corrected chi connectivity index (χ2v) is 11.2. The van der Waals surface area contributed by atoms with Crippen molar-refractivity contribution in [3.63, 3.8) is 0 Å². The predicted molar refractivity (Wildman–Crippen MR) is 141 cm³/mol. The highest BCUT2D eigenvalue weighted by Gasteiger charge is 2.30. The molecule has 1 saturated heterocycles. The predicted octanol–water partition coefficient (Wildman–Crippen LogP) is 3.11. The van der Waals surface area contributed by atoms with Gasteiger partial charge in [-0.15, -0.1) is 0 Å². The highest BCUT2D eigenvalue weighted by Crippen LogP contribution is 2.33. The van der Waals surface area contributed by atoms with Crippen LogP contribution in [0.25, 0.3) is 22.4 Å². The van der Waals surface area contributed by atoms with Crippen LogP contribution >= 0.6 is 0 Å². The first-order chi connectivity index (χ1) is 17.8. The Hall–Kier alpha value is -3.02. The molecule has 0 atom stereocenters. The number of aryl methyl sites for hydroxylation is 2. The molecule has 1 aromatic carbocycles. The lowest BCUT2D eigenvalue weighted by Gasteiger charge is -2.29. The number of aliphatic hydroxyl groups is 1. The normalized spacial score (nSPS) is 15.4. The number of benzene rings is 1. The van der Waals surface area contributed by atoms with E-state index in [4.69, 9.17) is 9.72 Å². The van der Waals surface area contributed by atoms with E-state index in [0.29, 0.717) is 66.0 Å². The number of hydrogen-bond acceptors (Lipinski definition) is 7. The molecule has 0 radical (unpaired) electrons. The van der Waals surface area contributed by atoms with Crippen LogP contribution in [-0.4, -0.2) is 64.5 Å². The van der Waals surface area contributed by atoms with Gasteiger partial charge in [-0.1, -0.05) is 20.3 Å². The first-order valence-electron chi connectivity index (χ1n) is 12.8. The van der Waals surface area contributed by atoms with Crippen molar-refractivity contribution in [3.8, 4) is 17.1 Å². The molecular formula is C26H34N4O6S. The Morgan fingerprint density at radius 1 is 1.19 bits per heavy atom. The number of H-pyrrole nitrogens is 1. The molecule has 0 amide bonds. The third-order valence-corrected chi connectivity index (χ3v) is 8.60. The van der Waals surface area contributed by atoms with Gasteiger partial charge in [0.05, 0.1) is 28.9 Å². The lowest BCUT2D eigenvalue weighted by atomic mass is 10.1. The summed E-state index contributed by atoms with van der Waals surface area (Å²) >= 11 is 0. The van der Waals surface area contributed by atoms with Crippen LogP contribution < -0.4 is 10.3 Å². The topological polar surface area (TPSA) is 135 Å². The van der Waals surface area contributed by atoms with E-state index in [1.54, 1.807) is 10.6 Å². The number of aliphatic hydroxyl groups excluding tert-OH is 1. The molecule has 3 heterocycles. The standard InChI is InChI=1S/C26H34N4O6S/c1-4-7-19-21(16-31)30(6-3)24-23(19)27-25(28-26(24)33)20-15-18(8-9-22(20)36-14-5-2)37(34,35)29-12-10-17(32)11-13-29/h8-9,15-17,32H,4-7,10-14H2,1-3H3,(H,27,28,33). The number of aromatic nitrogens is 3. The fourth-order valence-electron chi connectivity index (χ4n) is 4.84. The number of carbonyl (C=O) groups excluding carboxylic acids is 1. The number of piperidine rings is 1. The number of hydrogen-bond donors (Lipinski definition) is 2. The van der Waals surface area contributed by atoms with Gasteiger partial charge in [0.1, 0.15) is 22.6 Å². The number of ether oxygens (including phenoxy) is 1. The molecule has 3 aromatic rings. The molecule has 0 saturated carbocycles. The second kappa shape index (κ2) is 11.2. The van der Waals surface area contributed by atoms with Gasteiger partial charge in [0, 0.05) is 25.2 Å². The molecule has 0 unspecified atom stereocenters. The zero-order valence-corrected chi connectivity index (χ0v) is 22.3. The molecule has 1 aliphatic heterocycles. The first kappa shape index (κ1) is 27.0. The average molecular weight is 531 g/mol. The van der Waals surface area contributed by atoms with E-state index in [0.717, 1.165) is 19.1 Å². The molecule has 10 nitrogen and oxygen atoms in total. The van der Waals surface area contributed by atoms with Gasteiger partial charge in [-0.3, -0.25) is 9.59 Å². The van der Waals surface area contributed by atoms with Crippen LogP contribution in [-0.2, 0) is 23.0 Å². The van der Waals surface area contributed by atoms with Gasteiger partial charge in [-0.25, -0.2) is 13.4 Å². The molecule has 37 heavy (non-hydrogen) atoms. The van der Waals surface area contributed by atoms with Crippen molar-refractivity contribution < 1.29 is 23.1 Å². The second-order valence-electron chi connectivity index (χ2n) is 9.23. The summed E-state index contributed by atoms with van der Waals surface area (Å²) in [6.45, 7) is 7.10. The fourth-order valence-corrected chi connectivity index (χ4v) is 6.34. The molecule has 2 aromatic heterocycles. The summed E-state index contributed by atoms with van der Waals surface area (Å²) in [7, 11) is -3.84. The molecule has 0 spiro atoms. The Kier molecular flexibility index (Phi) is 8.15. The minimum Gasteiger partial charge on any atom is -0.493 e. The summed E-state index contributed by atoms with van der Waals surface area (Å²) < 4.78 is 35.8. The van der Waals surface area contributed by atoms with E-state index >= 15 is 0 Å². The van der Waals surface area contributed by atoms with E-state index in [-0.39, 0.29) is 23.8 Å². The Bertz CT molecular complexity index is 1450. The van der Waals surface area contributed by atoms with Crippen LogP contribution in [0, 0.1) is 0 Å². The van der Waals surface area contributed by atoms with Crippen LogP contribution in [0.2, 0.25) is 0 Å². The van der Waals surface area contributed by atoms with Crippen molar-refractivity contribution in [3.05, 3.63) is 39.8 Å². The largest absolute Gasteiger partial charge is 0.493 e. The summed E-state index contributed by atoms with van der Waals surface area (Å²) in [6, 6.07) is 4.56. The van der Waals surface area contributed by atoms with Gasteiger partial charge >= 0.3 is 0 Å². The number of aldehydes is 1. The molecule has 11 heteroatoms. The molecule has 1 aliphatic rings. The molecular weight excluding hydrogens is 496 g/mol. The van der Waals surface area contributed by atoms with Gasteiger partial charge in [0.25, 0.3) is 5.56 Å². The maximum absolute atomic E-state index is 13.4. The molecule has 2 N–H and O–H groups in total. The van der Waals surface area contributed by atoms with Crippen molar-refractivity contribution in [1.29, 1.82) is 0 Å². The number of nitrogens with zero attached hydrogens (tertiary/aromatic N) is 3. The number of rotatable bonds is 10. The lowest BCUT2D eigenvalue weighted by Crippen LogP contribution is -2.40. The molecule has 0 bridgehead atoms. The molecule has 1 fully saturated rings. The van der Waals surface area contributed by atoms with E-state index in [1.165, 1.54) is 16.4 Å². The summed E-state index contributed by atoms with van der Waals surface area (Å²) in [6.07, 6.45) is 3.08. The van der Waals surface area contributed by atoms with Crippen molar-refractivity contribution >= 4 is 27.3 Å². The van der Waals surface area contributed by atoms with E-state index in [1.807, 2.05) is 20.8 Å². The Morgan fingerprint density at radius 3 is 2.54 bits per heavy atom. The smallest absolute Gasteiger partial charge is 0.275 e. The lowest BCUT2D eigenvalue weighted by molar-refractivity contribution is 0.111. The summed E-state index contributed by atoms with van der Waals surface area (Å²) in [5.41, 5.74) is 1.83. The number of nitrogens with one attached hydrogen (secondary N) is 1. The summed E-state index contributed by atoms with van der Waals surface area (Å²) in [5, 5.41) is 9.80. The van der Waals surface area contributed by atoms with Gasteiger partial charge in [-0.2, -0.15) is 4.31 Å². The van der Waals surface area contributed by atoms with Crippen molar-refractivity contribution in [2.45, 2.75) is 70.4 Å². The van der Waals surface area contributed by atoms with E-state index in [9.17, 15) is 23.1 Å². The van der Waals surface area contributed by atoms with Gasteiger partial charge in [0.15, 0.2) is 6.29 Å². The Balaban J connectivity index is 1.91. The molecule has 4 rings (SSSR count). The van der Waals surface area contributed by atoms with Crippen molar-refractivity contribution in [2.75, 3.05) is 19.7 Å². The van der Waals surface area contributed by atoms with Gasteiger partial charge in [-0.05, 0) is 50.8 Å². The summed E-state index contributed by atoms with van der Waals surface area (Å²) in [4.78, 5) is 32.9. The minimum absolute atomic E-state index is 0.0546. The van der Waals surface area contributed by atoms with Crippen molar-refractivity contribution in [1.82, 2.24) is 18.8 Å². The SMILES string of the molecule is CCCOc1ccc(S(=O)(=O)N2CCC(O)CC2)cc1-c1nc2c(CCC)c(C=O)n(CC)c2c(=O)[nH]1. The minimum atomic E-state index is -3.84. The quantitative estimate of drug-likeness (QED) is 0.385. The van der Waals surface area contributed by atoms with Crippen molar-refractivity contribution in [2.24, 2.45) is 0 Å². The molecule has 200 valence electrons. The van der Waals surface area contributed by atoms with Crippen LogP contribution in [0.15, 0.2) is 27.9 Å². The summed E-state index contributed by atoms with van der Waals surface area (Å²) in [5.74, 6) is 0.581. The fraction of sp³-hybridized carbons (Fsp3) is 0.500. The monoisotopic (exact) mass is 530 g/mol. The third kappa shape index (κ3) is 5.07. The van der Waals surface area contributed by atoms with E-state index in [2.05, 4.69) is 4.98 Å². The number of carbonyl (C=O) groups is 1. The van der Waals surface area contributed by atoms with Crippen LogP contribution in [0.5, 0.6) is 5.75 Å². The van der Waals surface area contributed by atoms with Gasteiger partial charge < -0.3 is 19.4 Å². The Labute approximate surface area is 216 Å². The average Bonchev–Trinajstić information content (AvgIpc) is 3.20. The number of fused-ring (bicyclic) bond motifs is 1. The number of sulfonamides is 1. The van der Waals surface area contributed by atoms with Crippen LogP contribution in [0.3, 0.4) is 0 Å². The molecule has 0 aliphatic carbocycles. The van der Waals surface area contributed by atoms with Gasteiger partial charge in [0.2, 0.25) is 10.0 Å². The maximum Gasteiger partial charge on any atom is 0.275 e. The highest BCUT2D eigenvalue weighted by molar-refractivity contribution is 7.89. The van der Waals surface area contributed by atoms with Crippen LogP contribution in [0.1, 0.15) is 62.5 Å². The maximum atomic E-state index is 13.4. The zero-order valence-electron chi connectivity index (χ0n) is 21.5. The van der Waals surface area contributed by atoms with Crippen LogP contribution in [0.4, 0.5) is 0 Å². The van der Waals surface area contributed by atoms with E-state index < -0.39 is 21.7 Å². The number of aromatic amines is 1. The third-order valence-electron chi connectivity index (χ3n) is 6.71.